The zero-order chi connectivity index (χ0) is 25.0. The molecule has 33 heavy (non-hydrogen) atoms. The van der Waals surface area contributed by atoms with Crippen LogP contribution < -0.4 is 10.3 Å². The quantitative estimate of drug-likeness (QED) is 0.581. The van der Waals surface area contributed by atoms with Crippen molar-refractivity contribution < 1.29 is 35.7 Å². The Morgan fingerprint density at radius 2 is 1.82 bits per heavy atom. The number of carbonyl (C=O) groups is 1. The second kappa shape index (κ2) is 8.29. The Kier molecular flexibility index (Phi) is 6.41. The number of aromatic nitrogens is 3. The van der Waals surface area contributed by atoms with Crippen LogP contribution in [0.3, 0.4) is 0 Å². The van der Waals surface area contributed by atoms with Crippen molar-refractivity contribution in [2.75, 3.05) is 5.75 Å². The van der Waals surface area contributed by atoms with Crippen LogP contribution in [0.25, 0.3) is 0 Å². The predicted octanol–water partition coefficient (Wildman–Crippen LogP) is 1.73. The van der Waals surface area contributed by atoms with E-state index in [2.05, 4.69) is 15.1 Å². The molecule has 2 aromatic rings. The number of carbonyl (C=O) groups excluding carboxylic acids is 1. The predicted molar refractivity (Wildman–Crippen MR) is 114 cm³/mol. The number of rotatable bonds is 4. The summed E-state index contributed by atoms with van der Waals surface area (Å²) in [7, 11) is -3.69. The normalized spacial score (nSPS) is 18.7. The first-order valence-electron chi connectivity index (χ1n) is 9.77. The van der Waals surface area contributed by atoms with E-state index < -0.39 is 55.8 Å². The maximum Gasteiger partial charge on any atom is 0.496 e. The molecule has 3 heterocycles. The molecule has 2 aromatic heterocycles. The number of hydrogen-bond acceptors (Lipinski definition) is 8. The Bertz CT molecular complexity index is 1250. The lowest BCUT2D eigenvalue weighted by atomic mass is 9.80. The summed E-state index contributed by atoms with van der Waals surface area (Å²) in [6, 6.07) is 1.23. The molecule has 180 valence electrons. The highest BCUT2D eigenvalue weighted by atomic mass is 32.2. The third kappa shape index (κ3) is 4.90. The van der Waals surface area contributed by atoms with Gasteiger partial charge < -0.3 is 9.31 Å². The highest BCUT2D eigenvalue weighted by molar-refractivity contribution is 7.91. The van der Waals surface area contributed by atoms with Gasteiger partial charge in [-0.25, -0.2) is 18.1 Å². The highest BCUT2D eigenvalue weighted by Gasteiger charge is 2.52. The van der Waals surface area contributed by atoms with Crippen LogP contribution in [-0.2, 0) is 32.4 Å². The number of halogens is 3. The molecule has 0 unspecified atom stereocenters. The molecule has 1 fully saturated rings. The van der Waals surface area contributed by atoms with Gasteiger partial charge in [-0.1, -0.05) is 18.3 Å². The number of aryl methyl sites for hydroxylation is 1. The third-order valence-electron chi connectivity index (χ3n) is 5.46. The van der Waals surface area contributed by atoms with E-state index in [1.807, 2.05) is 27.7 Å². The van der Waals surface area contributed by atoms with Crippen LogP contribution in [-0.4, -0.2) is 53.2 Å². The van der Waals surface area contributed by atoms with E-state index in [9.17, 15) is 26.4 Å². The number of pyridine rings is 1. The molecule has 0 N–H and O–H groups in total. The lowest BCUT2D eigenvalue weighted by Crippen LogP contribution is -2.41. The van der Waals surface area contributed by atoms with Gasteiger partial charge in [0.15, 0.2) is 9.84 Å². The van der Waals surface area contributed by atoms with E-state index >= 15 is 0 Å². The molecule has 9 nitrogen and oxygen atoms in total. The fraction of sp³-hybridized carbons (Fsp3) is 0.556. The number of amides is 1. The molecule has 0 spiro atoms. The molecular weight excluding hydrogens is 484 g/mol. The molecule has 1 aliphatic heterocycles. The largest absolute Gasteiger partial charge is 0.496 e. The van der Waals surface area contributed by atoms with E-state index in [0.717, 1.165) is 4.68 Å². The van der Waals surface area contributed by atoms with Crippen LogP contribution >= 0.6 is 11.3 Å². The summed E-state index contributed by atoms with van der Waals surface area (Å²) in [4.78, 5) is 19.6. The number of alkyl halides is 3. The monoisotopic (exact) mass is 506 g/mol. The minimum absolute atomic E-state index is 0.154. The van der Waals surface area contributed by atoms with Crippen LogP contribution in [0.1, 0.15) is 50.1 Å². The molecule has 15 heteroatoms. The average molecular weight is 506 g/mol. The van der Waals surface area contributed by atoms with Gasteiger partial charge in [0.05, 0.1) is 21.9 Å². The van der Waals surface area contributed by atoms with Gasteiger partial charge in [-0.2, -0.15) is 23.3 Å². The topological polar surface area (TPSA) is 113 Å². The lowest BCUT2D eigenvalue weighted by molar-refractivity contribution is -0.138. The summed E-state index contributed by atoms with van der Waals surface area (Å²) < 4.78 is 76.8. The molecule has 0 atom stereocenters. The van der Waals surface area contributed by atoms with Crippen LogP contribution in [0.15, 0.2) is 22.2 Å². The van der Waals surface area contributed by atoms with Crippen LogP contribution in [0.5, 0.6) is 0 Å². The first-order chi connectivity index (χ1) is 15.0. The van der Waals surface area contributed by atoms with E-state index in [0.29, 0.717) is 0 Å². The molecule has 0 aliphatic carbocycles. The van der Waals surface area contributed by atoms with Gasteiger partial charge >= 0.3 is 13.3 Å². The van der Waals surface area contributed by atoms with Crippen LogP contribution in [0.2, 0.25) is 0 Å². The molecular formula is C18H22BF3N4O5S2. The molecule has 0 bridgehead atoms. The van der Waals surface area contributed by atoms with Crippen LogP contribution in [0, 0.1) is 0 Å². The Morgan fingerprint density at radius 3 is 2.30 bits per heavy atom. The second-order valence-corrected chi connectivity index (χ2v) is 11.5. The molecule has 1 aliphatic rings. The summed E-state index contributed by atoms with van der Waals surface area (Å²) in [5.74, 6) is -1.45. The molecule has 1 amide bonds. The van der Waals surface area contributed by atoms with Crippen molar-refractivity contribution in [3.05, 3.63) is 27.8 Å². The first-order valence-corrected chi connectivity index (χ1v) is 12.2. The number of hydrogen-bond donors (Lipinski definition) is 0. The third-order valence-corrected chi connectivity index (χ3v) is 8.25. The van der Waals surface area contributed by atoms with Crippen molar-refractivity contribution in [1.29, 1.82) is 0 Å². The Hall–Kier alpha value is -2.10. The fourth-order valence-corrected chi connectivity index (χ4v) is 4.64. The summed E-state index contributed by atoms with van der Waals surface area (Å²) in [5.41, 5.74) is -1.62. The van der Waals surface area contributed by atoms with Gasteiger partial charge in [0.1, 0.15) is 5.69 Å². The van der Waals surface area contributed by atoms with Gasteiger partial charge in [0.25, 0.3) is 5.91 Å². The SMILES string of the molecule is CCS(=O)(=O)c1cc(B2OC(C)(C)C(C)(C)O2)cnc1C(=O)N=c1sc(C(F)(F)F)nn1C. The Labute approximate surface area is 192 Å². The van der Waals surface area contributed by atoms with Crippen LogP contribution in [0.4, 0.5) is 13.2 Å². The Balaban J connectivity index is 2.08. The van der Waals surface area contributed by atoms with Gasteiger partial charge in [0.2, 0.25) is 9.81 Å². The molecule has 3 rings (SSSR count). The van der Waals surface area contributed by atoms with Crippen molar-refractivity contribution in [1.82, 2.24) is 14.8 Å². The molecule has 0 aromatic carbocycles. The van der Waals surface area contributed by atoms with E-state index in [-0.39, 0.29) is 27.4 Å². The van der Waals surface area contributed by atoms with Crippen molar-refractivity contribution in [2.24, 2.45) is 12.0 Å². The Morgan fingerprint density at radius 1 is 1.24 bits per heavy atom. The minimum Gasteiger partial charge on any atom is -0.399 e. The van der Waals surface area contributed by atoms with Crippen molar-refractivity contribution in [2.45, 2.75) is 56.9 Å². The van der Waals surface area contributed by atoms with Crippen molar-refractivity contribution in [3.8, 4) is 0 Å². The fourth-order valence-electron chi connectivity index (χ4n) is 2.82. The molecule has 1 saturated heterocycles. The van der Waals surface area contributed by atoms with Crippen molar-refractivity contribution in [3.63, 3.8) is 0 Å². The standard InChI is InChI=1S/C18H22BF3N4O5S2/c1-7-33(28,29)11-8-10(19-30-16(2,3)17(4,5)31-19)9-23-12(11)13(27)24-15-26(6)25-14(32-15)18(20,21)22/h8-9H,7H2,1-6H3. The zero-order valence-corrected chi connectivity index (χ0v) is 20.4. The minimum atomic E-state index is -4.71. The zero-order valence-electron chi connectivity index (χ0n) is 18.7. The maximum absolute atomic E-state index is 12.9. The summed E-state index contributed by atoms with van der Waals surface area (Å²) in [5, 5.41) is 2.11. The van der Waals surface area contributed by atoms with Gasteiger partial charge in [-0.05, 0) is 33.8 Å². The molecule has 0 saturated carbocycles. The van der Waals surface area contributed by atoms with Gasteiger partial charge in [0, 0.05) is 18.7 Å². The average Bonchev–Trinajstić information content (AvgIpc) is 3.17. The first kappa shape index (κ1) is 25.5. The molecule has 0 radical (unpaired) electrons. The van der Waals surface area contributed by atoms with E-state index in [4.69, 9.17) is 9.31 Å². The highest BCUT2D eigenvalue weighted by Crippen LogP contribution is 2.36. The van der Waals surface area contributed by atoms with Gasteiger partial charge in [-0.15, -0.1) is 0 Å². The smallest absolute Gasteiger partial charge is 0.399 e. The van der Waals surface area contributed by atoms with Crippen molar-refractivity contribution >= 4 is 39.7 Å². The van der Waals surface area contributed by atoms with E-state index in [1.54, 1.807) is 0 Å². The number of sulfone groups is 1. The summed E-state index contributed by atoms with van der Waals surface area (Å²) >= 11 is 0.154. The summed E-state index contributed by atoms with van der Waals surface area (Å²) in [6.45, 7) is 8.69. The number of nitrogens with zero attached hydrogens (tertiary/aromatic N) is 4. The van der Waals surface area contributed by atoms with E-state index in [1.165, 1.54) is 26.2 Å². The second-order valence-electron chi connectivity index (χ2n) is 8.34. The summed E-state index contributed by atoms with van der Waals surface area (Å²) in [6.07, 6.45) is -3.48. The maximum atomic E-state index is 12.9. The van der Waals surface area contributed by atoms with Gasteiger partial charge in [-0.3, -0.25) is 4.79 Å². The lowest BCUT2D eigenvalue weighted by Gasteiger charge is -2.32.